The molecule has 0 atom stereocenters. The van der Waals surface area contributed by atoms with E-state index in [0.29, 0.717) is 18.3 Å². The van der Waals surface area contributed by atoms with Gasteiger partial charge in [-0.2, -0.15) is 4.98 Å². The molecule has 6 nitrogen and oxygen atoms in total. The Labute approximate surface area is 165 Å². The minimum atomic E-state index is 0.617. The summed E-state index contributed by atoms with van der Waals surface area (Å²) < 4.78 is 10.7. The van der Waals surface area contributed by atoms with Gasteiger partial charge >= 0.3 is 0 Å². The Bertz CT molecular complexity index is 928. The van der Waals surface area contributed by atoms with Gasteiger partial charge in [0.2, 0.25) is 11.7 Å². The zero-order chi connectivity index (χ0) is 19.5. The second-order valence-corrected chi connectivity index (χ2v) is 7.22. The van der Waals surface area contributed by atoms with Crippen LogP contribution >= 0.6 is 0 Å². The maximum Gasteiger partial charge on any atom is 0.241 e. The van der Waals surface area contributed by atoms with E-state index in [9.17, 15) is 0 Å². The van der Waals surface area contributed by atoms with Crippen molar-refractivity contribution in [3.63, 3.8) is 0 Å². The predicted octanol–water partition coefficient (Wildman–Crippen LogP) is 3.68. The lowest BCUT2D eigenvalue weighted by molar-refractivity contribution is 0.215. The van der Waals surface area contributed by atoms with Crippen molar-refractivity contribution >= 4 is 5.69 Å². The molecule has 1 aromatic heterocycles. The molecule has 0 radical (unpaired) electrons. The molecule has 0 aliphatic carbocycles. The van der Waals surface area contributed by atoms with Crippen LogP contribution in [0.3, 0.4) is 0 Å². The highest BCUT2D eigenvalue weighted by molar-refractivity contribution is 5.56. The molecule has 0 saturated carbocycles. The highest BCUT2D eigenvalue weighted by atomic mass is 16.5. The molecular formula is C22H26N4O2. The average molecular weight is 378 g/mol. The fourth-order valence-corrected chi connectivity index (χ4v) is 3.59. The molecule has 2 heterocycles. The Balaban J connectivity index is 1.36. The summed E-state index contributed by atoms with van der Waals surface area (Å²) in [4.78, 5) is 9.39. The predicted molar refractivity (Wildman–Crippen MR) is 110 cm³/mol. The van der Waals surface area contributed by atoms with Crippen LogP contribution in [0.25, 0.3) is 11.4 Å². The molecule has 0 unspecified atom stereocenters. The fraction of sp³-hybridized carbons (Fsp3) is 0.364. The Morgan fingerprint density at radius 3 is 2.46 bits per heavy atom. The topological polar surface area (TPSA) is 54.6 Å². The highest BCUT2D eigenvalue weighted by Gasteiger charge is 2.21. The number of methoxy groups -OCH3 is 1. The number of anilines is 1. The normalized spacial score (nSPS) is 15.0. The van der Waals surface area contributed by atoms with E-state index in [1.807, 2.05) is 24.3 Å². The summed E-state index contributed by atoms with van der Waals surface area (Å²) in [7, 11) is 1.65. The lowest BCUT2D eigenvalue weighted by Gasteiger charge is -2.36. The van der Waals surface area contributed by atoms with E-state index in [4.69, 9.17) is 9.26 Å². The molecule has 0 N–H and O–H groups in total. The van der Waals surface area contributed by atoms with Crippen molar-refractivity contribution in [3.8, 4) is 17.1 Å². The minimum Gasteiger partial charge on any atom is -0.497 e. The van der Waals surface area contributed by atoms with Crippen molar-refractivity contribution in [1.82, 2.24) is 15.0 Å². The first-order chi connectivity index (χ1) is 13.6. The zero-order valence-electron chi connectivity index (χ0n) is 16.7. The third-order valence-electron chi connectivity index (χ3n) is 5.46. The second-order valence-electron chi connectivity index (χ2n) is 7.22. The fourth-order valence-electron chi connectivity index (χ4n) is 3.59. The molecule has 6 heteroatoms. The van der Waals surface area contributed by atoms with Gasteiger partial charge in [0.25, 0.3) is 0 Å². The van der Waals surface area contributed by atoms with Gasteiger partial charge in [-0.15, -0.1) is 0 Å². The van der Waals surface area contributed by atoms with Gasteiger partial charge in [0, 0.05) is 37.4 Å². The van der Waals surface area contributed by atoms with Gasteiger partial charge in [-0.1, -0.05) is 17.3 Å². The number of nitrogens with zero attached hydrogens (tertiary/aromatic N) is 4. The quantitative estimate of drug-likeness (QED) is 0.675. The van der Waals surface area contributed by atoms with Crippen molar-refractivity contribution in [2.75, 3.05) is 38.2 Å². The Morgan fingerprint density at radius 2 is 1.75 bits per heavy atom. The largest absolute Gasteiger partial charge is 0.497 e. The van der Waals surface area contributed by atoms with Crippen LogP contribution < -0.4 is 9.64 Å². The Kier molecular flexibility index (Phi) is 5.30. The molecule has 1 aliphatic rings. The van der Waals surface area contributed by atoms with Gasteiger partial charge in [-0.25, -0.2) is 0 Å². The van der Waals surface area contributed by atoms with Crippen LogP contribution in [0.5, 0.6) is 5.75 Å². The van der Waals surface area contributed by atoms with Crippen LogP contribution in [0.1, 0.15) is 17.0 Å². The van der Waals surface area contributed by atoms with E-state index >= 15 is 0 Å². The monoisotopic (exact) mass is 378 g/mol. The standard InChI is InChI=1S/C22H26N4O2/c1-16-5-4-6-20(17(16)2)26-13-11-25(12-14-26)15-21-23-22(24-28-21)18-7-9-19(27-3)10-8-18/h4-10H,11-15H2,1-3H3. The number of rotatable bonds is 5. The lowest BCUT2D eigenvalue weighted by atomic mass is 10.1. The van der Waals surface area contributed by atoms with Gasteiger partial charge < -0.3 is 14.2 Å². The van der Waals surface area contributed by atoms with Gasteiger partial charge in [-0.05, 0) is 55.3 Å². The van der Waals surface area contributed by atoms with E-state index in [1.165, 1.54) is 16.8 Å². The first-order valence-electron chi connectivity index (χ1n) is 9.64. The third kappa shape index (κ3) is 3.87. The molecule has 1 saturated heterocycles. The minimum absolute atomic E-state index is 0.617. The van der Waals surface area contributed by atoms with E-state index in [0.717, 1.165) is 37.5 Å². The molecule has 2 aromatic carbocycles. The number of aromatic nitrogens is 2. The first kappa shape index (κ1) is 18.5. The van der Waals surface area contributed by atoms with Crippen molar-refractivity contribution in [3.05, 3.63) is 59.5 Å². The van der Waals surface area contributed by atoms with Crippen LogP contribution in [0.15, 0.2) is 47.0 Å². The van der Waals surface area contributed by atoms with Crippen LogP contribution in [0.2, 0.25) is 0 Å². The Morgan fingerprint density at radius 1 is 1.00 bits per heavy atom. The van der Waals surface area contributed by atoms with E-state index in [1.54, 1.807) is 7.11 Å². The molecule has 28 heavy (non-hydrogen) atoms. The Hall–Kier alpha value is -2.86. The SMILES string of the molecule is COc1ccc(-c2noc(CN3CCN(c4cccc(C)c4C)CC3)n2)cc1. The second kappa shape index (κ2) is 8.02. The smallest absolute Gasteiger partial charge is 0.241 e. The summed E-state index contributed by atoms with van der Waals surface area (Å²) in [5.74, 6) is 2.09. The molecule has 146 valence electrons. The van der Waals surface area contributed by atoms with E-state index in [-0.39, 0.29) is 0 Å². The molecule has 0 spiro atoms. The molecule has 1 fully saturated rings. The maximum atomic E-state index is 5.48. The van der Waals surface area contributed by atoms with E-state index in [2.05, 4.69) is 52.0 Å². The van der Waals surface area contributed by atoms with Crippen LogP contribution in [-0.2, 0) is 6.54 Å². The van der Waals surface area contributed by atoms with E-state index < -0.39 is 0 Å². The number of hydrogen-bond acceptors (Lipinski definition) is 6. The molecular weight excluding hydrogens is 352 g/mol. The lowest BCUT2D eigenvalue weighted by Crippen LogP contribution is -2.46. The molecule has 3 aromatic rings. The summed E-state index contributed by atoms with van der Waals surface area (Å²) in [5.41, 5.74) is 4.99. The average Bonchev–Trinajstić information content (AvgIpc) is 3.19. The summed E-state index contributed by atoms with van der Waals surface area (Å²) in [6.07, 6.45) is 0. The number of piperazine rings is 1. The summed E-state index contributed by atoms with van der Waals surface area (Å²) in [6, 6.07) is 14.2. The first-order valence-corrected chi connectivity index (χ1v) is 9.64. The van der Waals surface area contributed by atoms with Gasteiger partial charge in [0.05, 0.1) is 13.7 Å². The summed E-state index contributed by atoms with van der Waals surface area (Å²) >= 11 is 0. The van der Waals surface area contributed by atoms with Crippen LogP contribution in [0, 0.1) is 13.8 Å². The van der Waals surface area contributed by atoms with Crippen molar-refractivity contribution in [2.24, 2.45) is 0 Å². The molecule has 4 rings (SSSR count). The van der Waals surface area contributed by atoms with Crippen LogP contribution in [0.4, 0.5) is 5.69 Å². The van der Waals surface area contributed by atoms with Crippen molar-refractivity contribution < 1.29 is 9.26 Å². The maximum absolute atomic E-state index is 5.48. The summed E-state index contributed by atoms with van der Waals surface area (Å²) in [6.45, 7) is 9.03. The number of aryl methyl sites for hydroxylation is 1. The third-order valence-corrected chi connectivity index (χ3v) is 5.46. The highest BCUT2D eigenvalue weighted by Crippen LogP contribution is 2.24. The molecule has 0 amide bonds. The molecule has 0 bridgehead atoms. The summed E-state index contributed by atoms with van der Waals surface area (Å²) in [5, 5.41) is 4.13. The van der Waals surface area contributed by atoms with Gasteiger partial charge in [-0.3, -0.25) is 4.90 Å². The van der Waals surface area contributed by atoms with Crippen molar-refractivity contribution in [2.45, 2.75) is 20.4 Å². The number of hydrogen-bond donors (Lipinski definition) is 0. The van der Waals surface area contributed by atoms with Crippen molar-refractivity contribution in [1.29, 1.82) is 0 Å². The number of ether oxygens (including phenoxy) is 1. The van der Waals surface area contributed by atoms with Gasteiger partial charge in [0.1, 0.15) is 5.75 Å². The number of benzene rings is 2. The molecule has 1 aliphatic heterocycles. The zero-order valence-corrected chi connectivity index (χ0v) is 16.7. The van der Waals surface area contributed by atoms with Gasteiger partial charge in [0.15, 0.2) is 0 Å². The van der Waals surface area contributed by atoms with Crippen LogP contribution in [-0.4, -0.2) is 48.3 Å².